The van der Waals surface area contributed by atoms with Gasteiger partial charge in [0.05, 0.1) is 17.3 Å². The number of nitriles is 1. The molecule has 7 heteroatoms. The lowest BCUT2D eigenvalue weighted by Crippen LogP contribution is -2.41. The van der Waals surface area contributed by atoms with Crippen molar-refractivity contribution in [3.8, 4) is 6.07 Å². The summed E-state index contributed by atoms with van der Waals surface area (Å²) < 4.78 is 1.92. The van der Waals surface area contributed by atoms with Gasteiger partial charge in [-0.2, -0.15) is 10.4 Å². The van der Waals surface area contributed by atoms with Crippen LogP contribution in [-0.2, 0) is 0 Å². The number of likely N-dealkylation sites (tertiary alicyclic amines) is 1. The van der Waals surface area contributed by atoms with Crippen molar-refractivity contribution in [3.05, 3.63) is 40.7 Å². The summed E-state index contributed by atoms with van der Waals surface area (Å²) in [5, 5.41) is 13.4. The third-order valence-electron chi connectivity index (χ3n) is 4.36. The Balaban J connectivity index is 1.79. The summed E-state index contributed by atoms with van der Waals surface area (Å²) in [6.45, 7) is 6.87. The monoisotopic (exact) mass is 324 g/mol. The largest absolute Gasteiger partial charge is 0.335 e. The van der Waals surface area contributed by atoms with E-state index in [0.717, 1.165) is 24.5 Å². The third kappa shape index (κ3) is 3.00. The number of piperidine rings is 1. The molecule has 1 atom stereocenters. The first kappa shape index (κ1) is 16.1. The molecule has 0 radical (unpaired) electrons. The number of aryl methyl sites for hydroxylation is 3. The van der Waals surface area contributed by atoms with E-state index >= 15 is 0 Å². The average molecular weight is 324 g/mol. The van der Waals surface area contributed by atoms with E-state index in [4.69, 9.17) is 5.26 Å². The summed E-state index contributed by atoms with van der Waals surface area (Å²) >= 11 is 0. The number of hydrogen-bond donors (Lipinski definition) is 0. The molecule has 1 aliphatic heterocycles. The van der Waals surface area contributed by atoms with Crippen molar-refractivity contribution in [2.45, 2.75) is 39.7 Å². The van der Waals surface area contributed by atoms with E-state index in [1.165, 1.54) is 0 Å². The summed E-state index contributed by atoms with van der Waals surface area (Å²) in [5.74, 6) is 1.53. The first-order valence-corrected chi connectivity index (χ1v) is 8.06. The van der Waals surface area contributed by atoms with Gasteiger partial charge in [-0.05, 0) is 45.7 Å². The molecule has 1 fully saturated rings. The van der Waals surface area contributed by atoms with Crippen LogP contribution in [0.2, 0.25) is 0 Å². The van der Waals surface area contributed by atoms with Gasteiger partial charge in [0.15, 0.2) is 0 Å². The first-order chi connectivity index (χ1) is 11.5. The molecule has 2 aromatic rings. The van der Waals surface area contributed by atoms with Crippen LogP contribution in [0, 0.1) is 32.1 Å². The molecule has 24 heavy (non-hydrogen) atoms. The van der Waals surface area contributed by atoms with E-state index in [1.807, 2.05) is 23.4 Å². The second-order valence-corrected chi connectivity index (χ2v) is 6.14. The number of nitrogens with zero attached hydrogens (tertiary/aromatic N) is 6. The molecule has 3 heterocycles. The van der Waals surface area contributed by atoms with Gasteiger partial charge >= 0.3 is 0 Å². The zero-order valence-corrected chi connectivity index (χ0v) is 14.2. The Labute approximate surface area is 140 Å². The second-order valence-electron chi connectivity index (χ2n) is 6.14. The molecule has 1 saturated heterocycles. The molecule has 0 aliphatic carbocycles. The Morgan fingerprint density at radius 3 is 2.71 bits per heavy atom. The first-order valence-electron chi connectivity index (χ1n) is 8.06. The smallest absolute Gasteiger partial charge is 0.272 e. The molecule has 1 aliphatic rings. The summed E-state index contributed by atoms with van der Waals surface area (Å²) in [7, 11) is 0. The Kier molecular flexibility index (Phi) is 4.30. The van der Waals surface area contributed by atoms with Crippen LogP contribution in [0.25, 0.3) is 0 Å². The summed E-state index contributed by atoms with van der Waals surface area (Å²) in [6, 6.07) is 5.50. The highest BCUT2D eigenvalue weighted by molar-refractivity contribution is 5.92. The van der Waals surface area contributed by atoms with Crippen LogP contribution in [0.5, 0.6) is 0 Å². The van der Waals surface area contributed by atoms with Gasteiger partial charge in [-0.15, -0.1) is 0 Å². The molecule has 124 valence electrons. The van der Waals surface area contributed by atoms with Crippen molar-refractivity contribution >= 4 is 5.91 Å². The zero-order chi connectivity index (χ0) is 17.3. The molecular formula is C17H20N6O. The molecule has 1 amide bonds. The van der Waals surface area contributed by atoms with Gasteiger partial charge in [-0.3, -0.25) is 4.79 Å². The maximum absolute atomic E-state index is 12.8. The Bertz CT molecular complexity index is 819. The van der Waals surface area contributed by atoms with Gasteiger partial charge in [-0.1, -0.05) is 0 Å². The number of carbonyl (C=O) groups is 1. The van der Waals surface area contributed by atoms with E-state index in [1.54, 1.807) is 19.1 Å². The minimum atomic E-state index is -0.0956. The second kappa shape index (κ2) is 6.40. The predicted molar refractivity (Wildman–Crippen MR) is 87.4 cm³/mol. The fourth-order valence-electron chi connectivity index (χ4n) is 3.18. The molecule has 0 aromatic carbocycles. The van der Waals surface area contributed by atoms with Gasteiger partial charge in [0.25, 0.3) is 5.91 Å². The highest BCUT2D eigenvalue weighted by Crippen LogP contribution is 2.23. The molecule has 0 saturated carbocycles. The fraction of sp³-hybridized carbons (Fsp3) is 0.471. The van der Waals surface area contributed by atoms with Gasteiger partial charge in [0.2, 0.25) is 0 Å². The van der Waals surface area contributed by atoms with Crippen molar-refractivity contribution in [2.75, 3.05) is 13.1 Å². The van der Waals surface area contributed by atoms with E-state index in [9.17, 15) is 4.79 Å². The third-order valence-corrected chi connectivity index (χ3v) is 4.36. The maximum Gasteiger partial charge on any atom is 0.272 e. The molecular weight excluding hydrogens is 304 g/mol. The quantitative estimate of drug-likeness (QED) is 0.842. The summed E-state index contributed by atoms with van der Waals surface area (Å²) in [4.78, 5) is 23.2. The van der Waals surface area contributed by atoms with Gasteiger partial charge in [0.1, 0.15) is 23.4 Å². The lowest BCUT2D eigenvalue weighted by atomic mass is 10.1. The predicted octanol–water partition coefficient (Wildman–Crippen LogP) is 1.95. The van der Waals surface area contributed by atoms with E-state index < -0.39 is 0 Å². The minimum absolute atomic E-state index is 0.0956. The number of pyridine rings is 1. The summed E-state index contributed by atoms with van der Waals surface area (Å²) in [5.41, 5.74) is 1.47. The number of rotatable bonds is 2. The van der Waals surface area contributed by atoms with Crippen LogP contribution in [0.15, 0.2) is 12.1 Å². The lowest BCUT2D eigenvalue weighted by Gasteiger charge is -2.33. The molecule has 0 spiro atoms. The van der Waals surface area contributed by atoms with Crippen molar-refractivity contribution < 1.29 is 4.79 Å². The van der Waals surface area contributed by atoms with E-state index in [-0.39, 0.29) is 11.9 Å². The van der Waals surface area contributed by atoms with Crippen LogP contribution in [0.1, 0.15) is 52.3 Å². The highest BCUT2D eigenvalue weighted by atomic mass is 16.2. The van der Waals surface area contributed by atoms with Crippen molar-refractivity contribution in [1.29, 1.82) is 5.26 Å². The Hall–Kier alpha value is -2.75. The van der Waals surface area contributed by atoms with Crippen LogP contribution in [0.3, 0.4) is 0 Å². The zero-order valence-electron chi connectivity index (χ0n) is 14.2. The van der Waals surface area contributed by atoms with Gasteiger partial charge < -0.3 is 4.90 Å². The maximum atomic E-state index is 12.8. The molecule has 3 rings (SSSR count). The van der Waals surface area contributed by atoms with E-state index in [2.05, 4.69) is 21.1 Å². The Morgan fingerprint density at radius 2 is 2.08 bits per heavy atom. The summed E-state index contributed by atoms with van der Waals surface area (Å²) in [6.07, 6.45) is 1.90. The molecule has 0 unspecified atom stereocenters. The van der Waals surface area contributed by atoms with Crippen LogP contribution < -0.4 is 0 Å². The number of amides is 1. The topological polar surface area (TPSA) is 87.7 Å². The molecule has 7 nitrogen and oxygen atoms in total. The van der Waals surface area contributed by atoms with Gasteiger partial charge in [0, 0.05) is 13.1 Å². The van der Waals surface area contributed by atoms with E-state index in [0.29, 0.717) is 30.0 Å². The van der Waals surface area contributed by atoms with Crippen LogP contribution in [-0.4, -0.2) is 43.6 Å². The number of hydrogen-bond acceptors (Lipinski definition) is 5. The van der Waals surface area contributed by atoms with Crippen LogP contribution >= 0.6 is 0 Å². The van der Waals surface area contributed by atoms with Crippen molar-refractivity contribution in [3.63, 3.8) is 0 Å². The number of aromatic nitrogens is 4. The standard InChI is InChI=1S/C17H20N6O/c1-11-14(9-18)6-7-16(19-11)17(24)22-8-4-5-15(10-22)23-13(3)20-12(2)21-23/h6-7,15H,4-5,8,10H2,1-3H3/t15-/m0/s1. The van der Waals surface area contributed by atoms with Crippen molar-refractivity contribution in [1.82, 2.24) is 24.6 Å². The molecule has 0 bridgehead atoms. The SMILES string of the molecule is Cc1nc(C)n([C@H]2CCCN(C(=O)c3ccc(C#N)c(C)n3)C2)n1. The molecule has 2 aromatic heterocycles. The normalized spacial score (nSPS) is 17.6. The average Bonchev–Trinajstić information content (AvgIpc) is 2.92. The fourth-order valence-corrected chi connectivity index (χ4v) is 3.18. The molecule has 0 N–H and O–H groups in total. The number of carbonyl (C=O) groups excluding carboxylic acids is 1. The van der Waals surface area contributed by atoms with Gasteiger partial charge in [-0.25, -0.2) is 14.6 Å². The lowest BCUT2D eigenvalue weighted by molar-refractivity contribution is 0.0665. The highest BCUT2D eigenvalue weighted by Gasteiger charge is 2.28. The van der Waals surface area contributed by atoms with Crippen LogP contribution in [0.4, 0.5) is 0 Å². The van der Waals surface area contributed by atoms with Crippen molar-refractivity contribution in [2.24, 2.45) is 0 Å². The Morgan fingerprint density at radius 1 is 1.29 bits per heavy atom. The minimum Gasteiger partial charge on any atom is -0.335 e.